The number of hydrogen-bond donors (Lipinski definition) is 3. The molecule has 1 heterocycles. The van der Waals surface area contributed by atoms with E-state index in [9.17, 15) is 9.59 Å². The van der Waals surface area contributed by atoms with Crippen LogP contribution in [0.25, 0.3) is 0 Å². The predicted molar refractivity (Wildman–Crippen MR) is 61.8 cm³/mol. The number of hydrogen-bond acceptors (Lipinski definition) is 3. The summed E-state index contributed by atoms with van der Waals surface area (Å²) in [6, 6.07) is -1.31. The monoisotopic (exact) mass is 244 g/mol. The first-order valence-corrected chi connectivity index (χ1v) is 5.78. The van der Waals surface area contributed by atoms with Crippen molar-refractivity contribution in [2.24, 2.45) is 5.41 Å². The Balaban J connectivity index is 2.29. The van der Waals surface area contributed by atoms with E-state index >= 15 is 0 Å². The number of rotatable bonds is 4. The molecule has 3 N–H and O–H groups in total. The summed E-state index contributed by atoms with van der Waals surface area (Å²) in [6.07, 6.45) is 1.81. The lowest BCUT2D eigenvalue weighted by Gasteiger charge is -2.33. The van der Waals surface area contributed by atoms with Crippen molar-refractivity contribution in [3.63, 3.8) is 0 Å². The van der Waals surface area contributed by atoms with Crippen LogP contribution < -0.4 is 10.6 Å². The third kappa shape index (κ3) is 4.60. The lowest BCUT2D eigenvalue weighted by molar-refractivity contribution is -0.138. The molecule has 1 fully saturated rings. The minimum absolute atomic E-state index is 0.0437. The Labute approximate surface area is 101 Å². The molecule has 0 aromatic rings. The summed E-state index contributed by atoms with van der Waals surface area (Å²) in [4.78, 5) is 22.0. The molecule has 1 aliphatic rings. The maximum absolute atomic E-state index is 11.4. The van der Waals surface area contributed by atoms with Crippen LogP contribution in [0.4, 0.5) is 4.79 Å². The molecule has 2 amide bonds. The molecule has 0 aromatic carbocycles. The number of carbonyl (C=O) groups excluding carboxylic acids is 1. The first-order chi connectivity index (χ1) is 7.93. The van der Waals surface area contributed by atoms with Crippen LogP contribution in [0.15, 0.2) is 0 Å². The quantitative estimate of drug-likeness (QED) is 0.675. The third-order valence-electron chi connectivity index (χ3n) is 3.09. The third-order valence-corrected chi connectivity index (χ3v) is 3.09. The molecule has 1 saturated heterocycles. The van der Waals surface area contributed by atoms with Crippen LogP contribution in [-0.2, 0) is 9.53 Å². The van der Waals surface area contributed by atoms with E-state index in [1.807, 2.05) is 0 Å². The van der Waals surface area contributed by atoms with Crippen molar-refractivity contribution in [1.29, 1.82) is 0 Å². The number of carboxylic acids is 1. The molecule has 0 spiro atoms. The van der Waals surface area contributed by atoms with Crippen molar-refractivity contribution in [2.75, 3.05) is 19.8 Å². The minimum Gasteiger partial charge on any atom is -0.480 e. The SMILES string of the molecule is C[C@H](NC(=O)NCC1(C)CCOCC1)C(=O)O. The van der Waals surface area contributed by atoms with E-state index in [0.29, 0.717) is 19.8 Å². The largest absolute Gasteiger partial charge is 0.480 e. The molecule has 0 radical (unpaired) electrons. The molecule has 0 bridgehead atoms. The predicted octanol–water partition coefficient (Wildman–Crippen LogP) is 0.575. The van der Waals surface area contributed by atoms with Gasteiger partial charge in [0.05, 0.1) is 0 Å². The molecule has 6 nitrogen and oxygen atoms in total. The zero-order chi connectivity index (χ0) is 12.9. The van der Waals surface area contributed by atoms with Crippen molar-refractivity contribution in [3.8, 4) is 0 Å². The molecular formula is C11H20N2O4. The lowest BCUT2D eigenvalue weighted by atomic mass is 9.82. The van der Waals surface area contributed by atoms with Crippen molar-refractivity contribution in [3.05, 3.63) is 0 Å². The maximum atomic E-state index is 11.4. The molecule has 1 aliphatic heterocycles. The minimum atomic E-state index is -1.04. The second-order valence-corrected chi connectivity index (χ2v) is 4.81. The summed E-state index contributed by atoms with van der Waals surface area (Å²) >= 11 is 0. The highest BCUT2D eigenvalue weighted by Gasteiger charge is 2.28. The van der Waals surface area contributed by atoms with Gasteiger partial charge in [-0.25, -0.2) is 4.79 Å². The molecule has 0 aromatic heterocycles. The fourth-order valence-electron chi connectivity index (χ4n) is 1.64. The number of amides is 2. The molecule has 0 unspecified atom stereocenters. The van der Waals surface area contributed by atoms with E-state index in [2.05, 4.69) is 17.6 Å². The topological polar surface area (TPSA) is 87.7 Å². The van der Waals surface area contributed by atoms with Gasteiger partial charge in [0.1, 0.15) is 6.04 Å². The molecular weight excluding hydrogens is 224 g/mol. The van der Waals surface area contributed by atoms with Gasteiger partial charge in [0, 0.05) is 19.8 Å². The zero-order valence-corrected chi connectivity index (χ0v) is 10.3. The van der Waals surface area contributed by atoms with E-state index in [1.165, 1.54) is 6.92 Å². The van der Waals surface area contributed by atoms with Crippen LogP contribution in [0.5, 0.6) is 0 Å². The van der Waals surface area contributed by atoms with E-state index < -0.39 is 18.0 Å². The van der Waals surface area contributed by atoms with E-state index in [4.69, 9.17) is 9.84 Å². The van der Waals surface area contributed by atoms with E-state index in [1.54, 1.807) is 0 Å². The van der Waals surface area contributed by atoms with Gasteiger partial charge in [-0.3, -0.25) is 4.79 Å². The summed E-state index contributed by atoms with van der Waals surface area (Å²) < 4.78 is 5.26. The van der Waals surface area contributed by atoms with Gasteiger partial charge in [-0.1, -0.05) is 6.92 Å². The number of nitrogens with one attached hydrogen (secondary N) is 2. The van der Waals surface area contributed by atoms with Crippen LogP contribution in [0.1, 0.15) is 26.7 Å². The van der Waals surface area contributed by atoms with Crippen molar-refractivity contribution < 1.29 is 19.4 Å². The Morgan fingerprint density at radius 2 is 2.00 bits per heavy atom. The molecule has 98 valence electrons. The second-order valence-electron chi connectivity index (χ2n) is 4.81. The Morgan fingerprint density at radius 3 is 2.53 bits per heavy atom. The summed E-state index contributed by atoms with van der Waals surface area (Å²) in [5, 5.41) is 13.7. The van der Waals surface area contributed by atoms with Crippen molar-refractivity contribution in [2.45, 2.75) is 32.7 Å². The molecule has 1 rings (SSSR count). The van der Waals surface area contributed by atoms with Gasteiger partial charge in [-0.15, -0.1) is 0 Å². The highest BCUT2D eigenvalue weighted by molar-refractivity contribution is 5.82. The fraction of sp³-hybridized carbons (Fsp3) is 0.818. The van der Waals surface area contributed by atoms with Gasteiger partial charge in [-0.2, -0.15) is 0 Å². The first-order valence-electron chi connectivity index (χ1n) is 5.78. The van der Waals surface area contributed by atoms with Crippen molar-refractivity contribution >= 4 is 12.0 Å². The fourth-order valence-corrected chi connectivity index (χ4v) is 1.64. The summed E-state index contributed by atoms with van der Waals surface area (Å²) in [5.74, 6) is -1.04. The van der Waals surface area contributed by atoms with E-state index in [-0.39, 0.29) is 5.41 Å². The highest BCUT2D eigenvalue weighted by atomic mass is 16.5. The van der Waals surface area contributed by atoms with Gasteiger partial charge >= 0.3 is 12.0 Å². The van der Waals surface area contributed by atoms with Gasteiger partial charge in [0.25, 0.3) is 0 Å². The average Bonchev–Trinajstić information content (AvgIpc) is 2.27. The Hall–Kier alpha value is -1.30. The standard InChI is InChI=1S/C11H20N2O4/c1-8(9(14)15)13-10(16)12-7-11(2)3-5-17-6-4-11/h8H,3-7H2,1-2H3,(H,14,15)(H2,12,13,16)/t8-/m0/s1. The molecule has 6 heteroatoms. The molecule has 17 heavy (non-hydrogen) atoms. The smallest absolute Gasteiger partial charge is 0.325 e. The Morgan fingerprint density at radius 1 is 1.41 bits per heavy atom. The normalized spacial score (nSPS) is 20.4. The van der Waals surface area contributed by atoms with Crippen LogP contribution in [0.2, 0.25) is 0 Å². The Kier molecular flexibility index (Phi) is 4.74. The first kappa shape index (κ1) is 13.8. The highest BCUT2D eigenvalue weighted by Crippen LogP contribution is 2.28. The number of carbonyl (C=O) groups is 2. The zero-order valence-electron chi connectivity index (χ0n) is 10.3. The van der Waals surface area contributed by atoms with Crippen LogP contribution >= 0.6 is 0 Å². The van der Waals surface area contributed by atoms with Crippen LogP contribution in [-0.4, -0.2) is 42.9 Å². The summed E-state index contributed by atoms with van der Waals surface area (Å²) in [7, 11) is 0. The number of aliphatic carboxylic acids is 1. The number of carboxylic acid groups (broad SMARTS) is 1. The average molecular weight is 244 g/mol. The summed E-state index contributed by atoms with van der Waals surface area (Å²) in [6.45, 7) is 5.49. The van der Waals surface area contributed by atoms with Gasteiger partial charge in [-0.05, 0) is 25.2 Å². The maximum Gasteiger partial charge on any atom is 0.325 e. The number of urea groups is 1. The molecule has 1 atom stereocenters. The second kappa shape index (κ2) is 5.86. The van der Waals surface area contributed by atoms with Crippen LogP contribution in [0.3, 0.4) is 0 Å². The molecule has 0 aliphatic carbocycles. The van der Waals surface area contributed by atoms with E-state index in [0.717, 1.165) is 12.8 Å². The lowest BCUT2D eigenvalue weighted by Crippen LogP contribution is -2.48. The van der Waals surface area contributed by atoms with Crippen molar-refractivity contribution in [1.82, 2.24) is 10.6 Å². The van der Waals surface area contributed by atoms with Gasteiger partial charge in [0.2, 0.25) is 0 Å². The van der Waals surface area contributed by atoms with Gasteiger partial charge in [0.15, 0.2) is 0 Å². The number of ether oxygens (including phenoxy) is 1. The Bertz CT molecular complexity index is 287. The van der Waals surface area contributed by atoms with Gasteiger partial charge < -0.3 is 20.5 Å². The molecule has 0 saturated carbocycles. The van der Waals surface area contributed by atoms with Crippen LogP contribution in [0, 0.1) is 5.41 Å². The summed E-state index contributed by atoms with van der Waals surface area (Å²) in [5.41, 5.74) is 0.0437.